The van der Waals surface area contributed by atoms with Crippen molar-refractivity contribution in [2.75, 3.05) is 32.0 Å². The number of carbonyl (C=O) groups is 1. The van der Waals surface area contributed by atoms with Crippen LogP contribution < -0.4 is 21.3 Å². The Hall–Kier alpha value is -1.51. The number of nitrogens with zero attached hydrogens (tertiary/aromatic N) is 1. The Morgan fingerprint density at radius 1 is 1.08 bits per heavy atom. The minimum absolute atomic E-state index is 0. The predicted molar refractivity (Wildman–Crippen MR) is 112 cm³/mol. The maximum atomic E-state index is 11.7. The molecule has 0 saturated heterocycles. The van der Waals surface area contributed by atoms with Gasteiger partial charge in [0.15, 0.2) is 5.96 Å². The van der Waals surface area contributed by atoms with E-state index in [0.717, 1.165) is 25.2 Å². The Kier molecular flexibility index (Phi) is 11.2. The summed E-state index contributed by atoms with van der Waals surface area (Å²) in [7, 11) is 1.69. The van der Waals surface area contributed by atoms with E-state index in [4.69, 9.17) is 0 Å². The SMILES string of the molecule is CN=C(NCCCNc1ccccc1)NCC(=O)NC(C)(C)C.I. The number of hydrogen-bond acceptors (Lipinski definition) is 3. The van der Waals surface area contributed by atoms with Gasteiger partial charge in [-0.25, -0.2) is 0 Å². The van der Waals surface area contributed by atoms with Gasteiger partial charge in [0.25, 0.3) is 0 Å². The molecule has 0 bridgehead atoms. The van der Waals surface area contributed by atoms with E-state index in [0.29, 0.717) is 5.96 Å². The molecule has 136 valence electrons. The highest BCUT2D eigenvalue weighted by Gasteiger charge is 2.13. The Morgan fingerprint density at radius 3 is 2.33 bits per heavy atom. The fourth-order valence-electron chi connectivity index (χ4n) is 1.93. The molecule has 4 N–H and O–H groups in total. The van der Waals surface area contributed by atoms with E-state index in [1.54, 1.807) is 7.05 Å². The Morgan fingerprint density at radius 2 is 1.75 bits per heavy atom. The lowest BCUT2D eigenvalue weighted by Crippen LogP contribution is -2.48. The van der Waals surface area contributed by atoms with Gasteiger partial charge < -0.3 is 21.3 Å². The average Bonchev–Trinajstić information content (AvgIpc) is 2.49. The largest absolute Gasteiger partial charge is 0.385 e. The zero-order chi connectivity index (χ0) is 17.1. The van der Waals surface area contributed by atoms with Gasteiger partial charge in [0.2, 0.25) is 5.91 Å². The Labute approximate surface area is 162 Å². The van der Waals surface area contributed by atoms with Crippen LogP contribution in [-0.2, 0) is 4.79 Å². The molecular formula is C17H30IN5O. The van der Waals surface area contributed by atoms with Crippen LogP contribution in [0.5, 0.6) is 0 Å². The fraction of sp³-hybridized carbons (Fsp3) is 0.529. The quantitative estimate of drug-likeness (QED) is 0.224. The van der Waals surface area contributed by atoms with Crippen LogP contribution in [0.3, 0.4) is 0 Å². The number of amides is 1. The zero-order valence-electron chi connectivity index (χ0n) is 15.0. The van der Waals surface area contributed by atoms with Crippen molar-refractivity contribution in [3.8, 4) is 0 Å². The average molecular weight is 447 g/mol. The smallest absolute Gasteiger partial charge is 0.239 e. The summed E-state index contributed by atoms with van der Waals surface area (Å²) in [4.78, 5) is 15.9. The summed E-state index contributed by atoms with van der Waals surface area (Å²) in [5.74, 6) is 0.583. The van der Waals surface area contributed by atoms with Crippen molar-refractivity contribution in [2.24, 2.45) is 4.99 Å². The van der Waals surface area contributed by atoms with Gasteiger partial charge >= 0.3 is 0 Å². The van der Waals surface area contributed by atoms with Crippen molar-refractivity contribution < 1.29 is 4.79 Å². The van der Waals surface area contributed by atoms with E-state index >= 15 is 0 Å². The summed E-state index contributed by atoms with van der Waals surface area (Å²) < 4.78 is 0. The van der Waals surface area contributed by atoms with Crippen LogP contribution in [0.4, 0.5) is 5.69 Å². The van der Waals surface area contributed by atoms with Crippen LogP contribution in [0.2, 0.25) is 0 Å². The van der Waals surface area contributed by atoms with Crippen LogP contribution in [0.15, 0.2) is 35.3 Å². The molecule has 1 aromatic carbocycles. The maximum Gasteiger partial charge on any atom is 0.239 e. The van der Waals surface area contributed by atoms with Gasteiger partial charge in [0.1, 0.15) is 0 Å². The molecule has 0 fully saturated rings. The molecule has 6 nitrogen and oxygen atoms in total. The van der Waals surface area contributed by atoms with E-state index < -0.39 is 0 Å². The number of rotatable bonds is 7. The molecule has 0 saturated carbocycles. The van der Waals surface area contributed by atoms with Crippen LogP contribution in [0.25, 0.3) is 0 Å². The lowest BCUT2D eigenvalue weighted by atomic mass is 10.1. The molecule has 1 amide bonds. The normalized spacial score (nSPS) is 11.2. The van der Waals surface area contributed by atoms with E-state index in [9.17, 15) is 4.79 Å². The topological polar surface area (TPSA) is 77.6 Å². The summed E-state index contributed by atoms with van der Waals surface area (Å²) >= 11 is 0. The summed E-state index contributed by atoms with van der Waals surface area (Å²) in [6, 6.07) is 10.1. The molecule has 0 aliphatic carbocycles. The summed E-state index contributed by atoms with van der Waals surface area (Å²) in [5, 5.41) is 12.4. The van der Waals surface area contributed by atoms with Gasteiger partial charge in [-0.2, -0.15) is 0 Å². The lowest BCUT2D eigenvalue weighted by Gasteiger charge is -2.21. The third kappa shape index (κ3) is 11.1. The van der Waals surface area contributed by atoms with Gasteiger partial charge in [0, 0.05) is 31.4 Å². The molecule has 0 unspecified atom stereocenters. The molecule has 24 heavy (non-hydrogen) atoms. The lowest BCUT2D eigenvalue weighted by molar-refractivity contribution is -0.121. The minimum Gasteiger partial charge on any atom is -0.385 e. The Bertz CT molecular complexity index is 499. The highest BCUT2D eigenvalue weighted by Crippen LogP contribution is 2.04. The minimum atomic E-state index is -0.223. The summed E-state index contributed by atoms with van der Waals surface area (Å²) in [6.07, 6.45) is 0.948. The molecule has 0 spiro atoms. The predicted octanol–water partition coefficient (Wildman–Crippen LogP) is 2.19. The Balaban J connectivity index is 0.00000529. The monoisotopic (exact) mass is 447 g/mol. The summed E-state index contributed by atoms with van der Waals surface area (Å²) in [6.45, 7) is 7.73. The molecule has 1 aromatic rings. The second-order valence-electron chi connectivity index (χ2n) is 6.30. The van der Waals surface area contributed by atoms with Crippen LogP contribution in [0.1, 0.15) is 27.2 Å². The molecule has 0 aliphatic rings. The molecule has 0 heterocycles. The first-order valence-electron chi connectivity index (χ1n) is 7.95. The zero-order valence-corrected chi connectivity index (χ0v) is 17.3. The number of nitrogens with one attached hydrogen (secondary N) is 4. The number of benzene rings is 1. The maximum absolute atomic E-state index is 11.7. The van der Waals surface area contributed by atoms with E-state index in [1.165, 1.54) is 0 Å². The number of halogens is 1. The van der Waals surface area contributed by atoms with Gasteiger partial charge in [-0.3, -0.25) is 9.79 Å². The number of hydrogen-bond donors (Lipinski definition) is 4. The van der Waals surface area contributed by atoms with Gasteiger partial charge in [0.05, 0.1) is 6.54 Å². The molecule has 7 heteroatoms. The first-order valence-corrected chi connectivity index (χ1v) is 7.95. The van der Waals surface area contributed by atoms with Crippen molar-refractivity contribution in [2.45, 2.75) is 32.7 Å². The highest BCUT2D eigenvalue weighted by molar-refractivity contribution is 14.0. The molecule has 0 aromatic heterocycles. The number of guanidine groups is 1. The fourth-order valence-corrected chi connectivity index (χ4v) is 1.93. The van der Waals surface area contributed by atoms with Crippen molar-refractivity contribution in [1.29, 1.82) is 0 Å². The molecule has 0 atom stereocenters. The third-order valence-electron chi connectivity index (χ3n) is 2.90. The molecule has 1 rings (SSSR count). The van der Waals surface area contributed by atoms with Crippen LogP contribution >= 0.6 is 24.0 Å². The number of anilines is 1. The second-order valence-corrected chi connectivity index (χ2v) is 6.30. The highest BCUT2D eigenvalue weighted by atomic mass is 127. The van der Waals surface area contributed by atoms with Gasteiger partial charge in [-0.15, -0.1) is 24.0 Å². The molecule has 0 radical (unpaired) electrons. The van der Waals surface area contributed by atoms with Crippen molar-refractivity contribution in [3.63, 3.8) is 0 Å². The van der Waals surface area contributed by atoms with Gasteiger partial charge in [-0.1, -0.05) is 18.2 Å². The van der Waals surface area contributed by atoms with Gasteiger partial charge in [-0.05, 0) is 39.3 Å². The van der Waals surface area contributed by atoms with Crippen molar-refractivity contribution >= 4 is 41.5 Å². The van der Waals surface area contributed by atoms with Crippen molar-refractivity contribution in [1.82, 2.24) is 16.0 Å². The molecule has 0 aliphatic heterocycles. The first-order chi connectivity index (χ1) is 10.9. The second kappa shape index (κ2) is 11.9. The summed E-state index contributed by atoms with van der Waals surface area (Å²) in [5.41, 5.74) is 0.896. The van der Waals surface area contributed by atoms with E-state index in [2.05, 4.69) is 26.3 Å². The number of carbonyl (C=O) groups excluding carboxylic acids is 1. The molecular weight excluding hydrogens is 417 g/mol. The third-order valence-corrected chi connectivity index (χ3v) is 2.90. The first kappa shape index (κ1) is 22.5. The number of para-hydroxylation sites is 1. The van der Waals surface area contributed by atoms with Crippen molar-refractivity contribution in [3.05, 3.63) is 30.3 Å². The van der Waals surface area contributed by atoms with Crippen LogP contribution in [-0.4, -0.2) is 44.1 Å². The van der Waals surface area contributed by atoms with E-state index in [-0.39, 0.29) is 42.0 Å². The van der Waals surface area contributed by atoms with Crippen LogP contribution in [0, 0.1) is 0 Å². The van der Waals surface area contributed by atoms with E-state index in [1.807, 2.05) is 51.1 Å². The standard InChI is InChI=1S/C17H29N5O.HI/c1-17(2,3)22-15(23)13-21-16(18-4)20-12-8-11-19-14-9-6-5-7-10-14;/h5-7,9-10,19H,8,11-13H2,1-4H3,(H,22,23)(H2,18,20,21);1H. The number of aliphatic imine (C=N–C) groups is 1.